The van der Waals surface area contributed by atoms with E-state index in [0.29, 0.717) is 6.61 Å². The number of carbonyl (C=O) groups is 1. The third-order valence-corrected chi connectivity index (χ3v) is 3.80. The van der Waals surface area contributed by atoms with Gasteiger partial charge in [-0.2, -0.15) is 4.72 Å². The Balaban J connectivity index is 2.88. The van der Waals surface area contributed by atoms with Crippen LogP contribution in [0.5, 0.6) is 0 Å². The van der Waals surface area contributed by atoms with Crippen LogP contribution in [0.3, 0.4) is 0 Å². The highest BCUT2D eigenvalue weighted by Gasteiger charge is 2.21. The van der Waals surface area contributed by atoms with E-state index >= 15 is 0 Å². The summed E-state index contributed by atoms with van der Waals surface area (Å²) in [4.78, 5) is 10.6. The van der Waals surface area contributed by atoms with Gasteiger partial charge < -0.3 is 9.84 Å². The zero-order valence-electron chi connectivity index (χ0n) is 10.1. The molecule has 0 fully saturated rings. The van der Waals surface area contributed by atoms with Gasteiger partial charge in [0.2, 0.25) is 10.0 Å². The van der Waals surface area contributed by atoms with Crippen molar-refractivity contribution in [2.75, 3.05) is 7.11 Å². The van der Waals surface area contributed by atoms with Crippen LogP contribution in [0, 0.1) is 0 Å². The fraction of sp³-hybridized carbons (Fsp3) is 0.364. The van der Waals surface area contributed by atoms with Crippen molar-refractivity contribution in [2.45, 2.75) is 24.5 Å². The van der Waals surface area contributed by atoms with Gasteiger partial charge in [0, 0.05) is 7.11 Å². The highest BCUT2D eigenvalue weighted by atomic mass is 32.2. The molecule has 0 amide bonds. The Labute approximate surface area is 106 Å². The van der Waals surface area contributed by atoms with Gasteiger partial charge in [-0.3, -0.25) is 4.79 Å². The second-order valence-corrected chi connectivity index (χ2v) is 5.47. The minimum Gasteiger partial charge on any atom is -0.480 e. The molecule has 0 saturated heterocycles. The standard InChI is InChI=1S/C11H15NO5S/c1-8(11(13)14)12-18(15,16)10-5-3-9(4-6-10)7-17-2/h3-6,8,12H,7H2,1-2H3,(H,13,14)/t8-/m1/s1. The molecular weight excluding hydrogens is 258 g/mol. The van der Waals surface area contributed by atoms with E-state index in [2.05, 4.69) is 4.72 Å². The lowest BCUT2D eigenvalue weighted by molar-refractivity contribution is -0.138. The quantitative estimate of drug-likeness (QED) is 0.791. The number of rotatable bonds is 6. The van der Waals surface area contributed by atoms with E-state index in [1.54, 1.807) is 19.2 Å². The first-order chi connectivity index (χ1) is 8.36. The van der Waals surface area contributed by atoms with Gasteiger partial charge in [0.1, 0.15) is 6.04 Å². The van der Waals surface area contributed by atoms with Crippen LogP contribution in [-0.2, 0) is 26.2 Å². The fourth-order valence-corrected chi connectivity index (χ4v) is 2.48. The second-order valence-electron chi connectivity index (χ2n) is 3.76. The molecule has 0 heterocycles. The van der Waals surface area contributed by atoms with E-state index < -0.39 is 22.0 Å². The number of nitrogens with one attached hydrogen (secondary N) is 1. The maximum absolute atomic E-state index is 11.8. The predicted molar refractivity (Wildman–Crippen MR) is 64.6 cm³/mol. The number of sulfonamides is 1. The maximum Gasteiger partial charge on any atom is 0.321 e. The Hall–Kier alpha value is -1.44. The average molecular weight is 273 g/mol. The van der Waals surface area contributed by atoms with Crippen molar-refractivity contribution in [1.29, 1.82) is 0 Å². The number of hydrogen-bond acceptors (Lipinski definition) is 4. The molecule has 0 unspecified atom stereocenters. The summed E-state index contributed by atoms with van der Waals surface area (Å²) in [5, 5.41) is 8.66. The smallest absolute Gasteiger partial charge is 0.321 e. The van der Waals surface area contributed by atoms with Gasteiger partial charge in [0.25, 0.3) is 0 Å². The van der Waals surface area contributed by atoms with Crippen molar-refractivity contribution < 1.29 is 23.1 Å². The van der Waals surface area contributed by atoms with E-state index in [-0.39, 0.29) is 4.90 Å². The lowest BCUT2D eigenvalue weighted by Crippen LogP contribution is -2.38. The Bertz CT molecular complexity index is 509. The van der Waals surface area contributed by atoms with Gasteiger partial charge in [-0.1, -0.05) is 12.1 Å². The van der Waals surface area contributed by atoms with Crippen LogP contribution in [0.1, 0.15) is 12.5 Å². The molecule has 100 valence electrons. The Morgan fingerprint density at radius 1 is 1.39 bits per heavy atom. The number of ether oxygens (including phenoxy) is 1. The summed E-state index contributed by atoms with van der Waals surface area (Å²) in [5.74, 6) is -1.23. The predicted octanol–water partition coefficient (Wildman–Crippen LogP) is 0.584. The van der Waals surface area contributed by atoms with Gasteiger partial charge in [0.15, 0.2) is 0 Å². The number of benzene rings is 1. The van der Waals surface area contributed by atoms with Crippen LogP contribution < -0.4 is 4.72 Å². The topological polar surface area (TPSA) is 92.7 Å². The maximum atomic E-state index is 11.8. The zero-order valence-corrected chi connectivity index (χ0v) is 10.9. The van der Waals surface area contributed by atoms with Crippen LogP contribution in [-0.4, -0.2) is 32.6 Å². The molecule has 0 aromatic heterocycles. The molecule has 0 saturated carbocycles. The highest BCUT2D eigenvalue weighted by molar-refractivity contribution is 7.89. The lowest BCUT2D eigenvalue weighted by Gasteiger charge is -2.10. The molecule has 1 aromatic rings. The molecule has 0 spiro atoms. The average Bonchev–Trinajstić information content (AvgIpc) is 2.29. The Kier molecular flexibility index (Phi) is 4.83. The summed E-state index contributed by atoms with van der Waals surface area (Å²) < 4.78 is 30.6. The van der Waals surface area contributed by atoms with E-state index in [4.69, 9.17) is 9.84 Å². The second kappa shape index (κ2) is 5.94. The SMILES string of the molecule is COCc1ccc(S(=O)(=O)N[C@H](C)C(=O)O)cc1. The minimum absolute atomic E-state index is 0.0236. The van der Waals surface area contributed by atoms with Crippen molar-refractivity contribution in [3.05, 3.63) is 29.8 Å². The van der Waals surface area contributed by atoms with Crippen molar-refractivity contribution in [3.63, 3.8) is 0 Å². The first-order valence-electron chi connectivity index (χ1n) is 5.20. The first-order valence-corrected chi connectivity index (χ1v) is 6.68. The minimum atomic E-state index is -3.81. The Morgan fingerprint density at radius 2 is 1.94 bits per heavy atom. The summed E-state index contributed by atoms with van der Waals surface area (Å²) in [6.07, 6.45) is 0. The largest absolute Gasteiger partial charge is 0.480 e. The third-order valence-electron chi connectivity index (χ3n) is 2.25. The van der Waals surface area contributed by atoms with Crippen LogP contribution in [0.15, 0.2) is 29.2 Å². The first kappa shape index (κ1) is 14.6. The van der Waals surface area contributed by atoms with Gasteiger partial charge in [0.05, 0.1) is 11.5 Å². The number of aliphatic carboxylic acids is 1. The molecule has 0 radical (unpaired) electrons. The molecule has 0 aliphatic heterocycles. The lowest BCUT2D eigenvalue weighted by atomic mass is 10.2. The molecule has 0 aliphatic carbocycles. The monoisotopic (exact) mass is 273 g/mol. The summed E-state index contributed by atoms with van der Waals surface area (Å²) in [6, 6.07) is 4.87. The summed E-state index contributed by atoms with van der Waals surface area (Å²) >= 11 is 0. The molecule has 1 atom stereocenters. The molecule has 1 rings (SSSR count). The van der Waals surface area contributed by atoms with Crippen molar-refractivity contribution >= 4 is 16.0 Å². The van der Waals surface area contributed by atoms with E-state index in [1.807, 2.05) is 0 Å². The Morgan fingerprint density at radius 3 is 2.39 bits per heavy atom. The van der Waals surface area contributed by atoms with Crippen molar-refractivity contribution in [2.24, 2.45) is 0 Å². The number of carboxylic acid groups (broad SMARTS) is 1. The summed E-state index contributed by atoms with van der Waals surface area (Å²) in [7, 11) is -2.27. The van der Waals surface area contributed by atoms with Crippen molar-refractivity contribution in [1.82, 2.24) is 4.72 Å². The molecule has 0 aliphatic rings. The van der Waals surface area contributed by atoms with E-state index in [1.165, 1.54) is 19.1 Å². The van der Waals surface area contributed by atoms with Crippen LogP contribution >= 0.6 is 0 Å². The molecule has 18 heavy (non-hydrogen) atoms. The van der Waals surface area contributed by atoms with Gasteiger partial charge in [-0.05, 0) is 24.6 Å². The van der Waals surface area contributed by atoms with E-state index in [9.17, 15) is 13.2 Å². The van der Waals surface area contributed by atoms with Gasteiger partial charge in [-0.15, -0.1) is 0 Å². The molecular formula is C11H15NO5S. The van der Waals surface area contributed by atoms with Gasteiger partial charge in [-0.25, -0.2) is 8.42 Å². The number of carboxylic acids is 1. The third kappa shape index (κ3) is 3.80. The summed E-state index contributed by atoms with van der Waals surface area (Å²) in [6.45, 7) is 1.65. The number of hydrogen-bond donors (Lipinski definition) is 2. The fourth-order valence-electron chi connectivity index (χ4n) is 1.28. The van der Waals surface area contributed by atoms with Crippen molar-refractivity contribution in [3.8, 4) is 0 Å². The normalized spacial score (nSPS) is 13.2. The molecule has 2 N–H and O–H groups in total. The molecule has 6 nitrogen and oxygen atoms in total. The summed E-state index contributed by atoms with van der Waals surface area (Å²) in [5.41, 5.74) is 0.836. The van der Waals surface area contributed by atoms with Crippen LogP contribution in [0.4, 0.5) is 0 Å². The molecule has 7 heteroatoms. The van der Waals surface area contributed by atoms with Gasteiger partial charge >= 0.3 is 5.97 Å². The highest BCUT2D eigenvalue weighted by Crippen LogP contribution is 2.11. The van der Waals surface area contributed by atoms with Crippen LogP contribution in [0.2, 0.25) is 0 Å². The van der Waals surface area contributed by atoms with Crippen LogP contribution in [0.25, 0.3) is 0 Å². The molecule has 1 aromatic carbocycles. The number of methoxy groups -OCH3 is 1. The molecule has 0 bridgehead atoms. The zero-order chi connectivity index (χ0) is 13.8. The van der Waals surface area contributed by atoms with E-state index in [0.717, 1.165) is 5.56 Å².